The van der Waals surface area contributed by atoms with Gasteiger partial charge < -0.3 is 5.11 Å². The second-order valence-corrected chi connectivity index (χ2v) is 4.63. The first-order valence-electron chi connectivity index (χ1n) is 6.30. The molecule has 0 saturated carbocycles. The molecule has 3 rings (SSSR count). The third-order valence-electron chi connectivity index (χ3n) is 3.26. The summed E-state index contributed by atoms with van der Waals surface area (Å²) in [6.45, 7) is 0.316. The largest absolute Gasteiger partial charge is 0.477 e. The van der Waals surface area contributed by atoms with Gasteiger partial charge in [0.05, 0.1) is 5.52 Å². The Balaban J connectivity index is 1.98. The maximum absolute atomic E-state index is 11.8. The highest BCUT2D eigenvalue weighted by Crippen LogP contribution is 2.23. The molecule has 0 unspecified atom stereocenters. The van der Waals surface area contributed by atoms with E-state index >= 15 is 0 Å². The zero-order valence-electron chi connectivity index (χ0n) is 10.9. The maximum Gasteiger partial charge on any atom is 0.354 e. The molecule has 106 valence electrons. The van der Waals surface area contributed by atoms with Crippen molar-refractivity contribution in [2.75, 3.05) is 11.4 Å². The number of pyridine rings is 1. The lowest BCUT2D eigenvalue weighted by Gasteiger charge is -2.26. The Bertz CT molecular complexity index is 772. The molecular weight excluding hydrogens is 274 g/mol. The Morgan fingerprint density at radius 3 is 2.76 bits per heavy atom. The quantitative estimate of drug-likeness (QED) is 0.868. The Labute approximate surface area is 119 Å². The zero-order chi connectivity index (χ0) is 15.0. The fourth-order valence-corrected chi connectivity index (χ4v) is 2.21. The van der Waals surface area contributed by atoms with E-state index in [9.17, 15) is 14.4 Å². The molecular formula is C14H11N3O4. The summed E-state index contributed by atoms with van der Waals surface area (Å²) in [5.74, 6) is -1.38. The standard InChI is InChI=1S/C14H11N3O4/c18-12-5-6-17(14(21)16-12)9-2-4-10-8(7-9)1-3-11(15-10)13(19)20/h1-4,7H,5-6H2,(H,19,20)(H,16,18,21). The van der Waals surface area contributed by atoms with Gasteiger partial charge in [-0.15, -0.1) is 0 Å². The average molecular weight is 285 g/mol. The fraction of sp³-hybridized carbons (Fsp3) is 0.143. The molecule has 7 heteroatoms. The molecule has 2 heterocycles. The molecule has 0 radical (unpaired) electrons. The van der Waals surface area contributed by atoms with Crippen molar-refractivity contribution in [1.29, 1.82) is 0 Å². The van der Waals surface area contributed by atoms with Gasteiger partial charge >= 0.3 is 12.0 Å². The molecule has 2 N–H and O–H groups in total. The van der Waals surface area contributed by atoms with Gasteiger partial charge in [0, 0.05) is 24.0 Å². The van der Waals surface area contributed by atoms with Crippen LogP contribution in [-0.2, 0) is 4.79 Å². The summed E-state index contributed by atoms with van der Waals surface area (Å²) in [5, 5.41) is 11.9. The average Bonchev–Trinajstić information content (AvgIpc) is 2.46. The van der Waals surface area contributed by atoms with Crippen molar-refractivity contribution in [1.82, 2.24) is 10.3 Å². The lowest BCUT2D eigenvalue weighted by molar-refractivity contribution is -0.120. The number of hydrogen-bond acceptors (Lipinski definition) is 4. The number of anilines is 1. The van der Waals surface area contributed by atoms with E-state index in [-0.39, 0.29) is 18.0 Å². The molecule has 7 nitrogen and oxygen atoms in total. The third kappa shape index (κ3) is 2.40. The highest BCUT2D eigenvalue weighted by atomic mass is 16.4. The Morgan fingerprint density at radius 2 is 2.05 bits per heavy atom. The van der Waals surface area contributed by atoms with Gasteiger partial charge in [-0.3, -0.25) is 15.0 Å². The van der Waals surface area contributed by atoms with E-state index in [4.69, 9.17) is 5.11 Å². The number of carbonyl (C=O) groups is 3. The second kappa shape index (κ2) is 4.86. The summed E-state index contributed by atoms with van der Waals surface area (Å²) in [6, 6.07) is 7.66. The van der Waals surface area contributed by atoms with E-state index in [1.54, 1.807) is 24.3 Å². The smallest absolute Gasteiger partial charge is 0.354 e. The molecule has 1 aromatic carbocycles. The number of carbonyl (C=O) groups excluding carboxylic acids is 2. The van der Waals surface area contributed by atoms with Crippen LogP contribution in [0.5, 0.6) is 0 Å². The molecule has 2 aromatic rings. The van der Waals surface area contributed by atoms with E-state index in [1.807, 2.05) is 0 Å². The predicted octanol–water partition coefficient (Wildman–Crippen LogP) is 1.38. The van der Waals surface area contributed by atoms with Crippen LogP contribution in [-0.4, -0.2) is 34.5 Å². The van der Waals surface area contributed by atoms with E-state index in [0.717, 1.165) is 5.39 Å². The first-order chi connectivity index (χ1) is 10.0. The van der Waals surface area contributed by atoms with Gasteiger partial charge in [-0.05, 0) is 24.3 Å². The summed E-state index contributed by atoms with van der Waals surface area (Å²) < 4.78 is 0. The molecule has 0 spiro atoms. The van der Waals surface area contributed by atoms with Crippen molar-refractivity contribution in [3.63, 3.8) is 0 Å². The topological polar surface area (TPSA) is 99.6 Å². The number of nitrogens with zero attached hydrogens (tertiary/aromatic N) is 2. The number of amides is 3. The predicted molar refractivity (Wildman–Crippen MR) is 74.2 cm³/mol. The number of fused-ring (bicyclic) bond motifs is 1. The van der Waals surface area contributed by atoms with E-state index in [1.165, 1.54) is 11.0 Å². The minimum atomic E-state index is -1.09. The Hall–Kier alpha value is -2.96. The van der Waals surface area contributed by atoms with Crippen LogP contribution in [0.25, 0.3) is 10.9 Å². The summed E-state index contributed by atoms with van der Waals surface area (Å²) in [5.41, 5.74) is 1.14. The van der Waals surface area contributed by atoms with Crippen LogP contribution in [0.3, 0.4) is 0 Å². The first-order valence-corrected chi connectivity index (χ1v) is 6.30. The van der Waals surface area contributed by atoms with Crippen LogP contribution in [0.4, 0.5) is 10.5 Å². The number of imide groups is 1. The zero-order valence-corrected chi connectivity index (χ0v) is 10.9. The monoisotopic (exact) mass is 285 g/mol. The Morgan fingerprint density at radius 1 is 1.24 bits per heavy atom. The normalized spacial score (nSPS) is 15.1. The van der Waals surface area contributed by atoms with Gasteiger partial charge in [0.15, 0.2) is 0 Å². The van der Waals surface area contributed by atoms with Crippen molar-refractivity contribution >= 4 is 34.5 Å². The summed E-state index contributed by atoms with van der Waals surface area (Å²) in [6.07, 6.45) is 0.250. The van der Waals surface area contributed by atoms with Crippen LogP contribution < -0.4 is 10.2 Å². The minimum absolute atomic E-state index is 0.0310. The lowest BCUT2D eigenvalue weighted by Crippen LogP contribution is -2.49. The number of aromatic nitrogens is 1. The van der Waals surface area contributed by atoms with E-state index in [2.05, 4.69) is 10.3 Å². The highest BCUT2D eigenvalue weighted by Gasteiger charge is 2.24. The van der Waals surface area contributed by atoms with Crippen LogP contribution in [0.2, 0.25) is 0 Å². The van der Waals surface area contributed by atoms with Gasteiger partial charge in [0.25, 0.3) is 0 Å². The van der Waals surface area contributed by atoms with Gasteiger partial charge in [0.2, 0.25) is 5.91 Å². The lowest BCUT2D eigenvalue weighted by atomic mass is 10.1. The number of benzene rings is 1. The fourth-order valence-electron chi connectivity index (χ4n) is 2.21. The molecule has 1 aromatic heterocycles. The number of hydrogen-bond donors (Lipinski definition) is 2. The minimum Gasteiger partial charge on any atom is -0.477 e. The van der Waals surface area contributed by atoms with Crippen LogP contribution in [0.15, 0.2) is 30.3 Å². The molecule has 1 aliphatic heterocycles. The molecule has 3 amide bonds. The summed E-state index contributed by atoms with van der Waals surface area (Å²) in [4.78, 5) is 39.3. The highest BCUT2D eigenvalue weighted by molar-refractivity contribution is 6.06. The molecule has 1 fully saturated rings. The van der Waals surface area contributed by atoms with Gasteiger partial charge in [-0.2, -0.15) is 0 Å². The molecule has 1 aliphatic rings. The molecule has 0 bridgehead atoms. The van der Waals surface area contributed by atoms with Crippen molar-refractivity contribution in [3.05, 3.63) is 36.0 Å². The number of nitrogens with one attached hydrogen (secondary N) is 1. The number of aromatic carboxylic acids is 1. The second-order valence-electron chi connectivity index (χ2n) is 4.63. The van der Waals surface area contributed by atoms with Crippen molar-refractivity contribution in [3.8, 4) is 0 Å². The first kappa shape index (κ1) is 13.0. The van der Waals surface area contributed by atoms with Crippen molar-refractivity contribution in [2.24, 2.45) is 0 Å². The number of urea groups is 1. The molecule has 0 atom stereocenters. The number of rotatable bonds is 2. The SMILES string of the molecule is O=C1CCN(c2ccc3nc(C(=O)O)ccc3c2)C(=O)N1. The van der Waals surface area contributed by atoms with Crippen LogP contribution in [0, 0.1) is 0 Å². The third-order valence-corrected chi connectivity index (χ3v) is 3.26. The molecule has 0 aliphatic carbocycles. The van der Waals surface area contributed by atoms with Crippen LogP contribution in [0.1, 0.15) is 16.9 Å². The van der Waals surface area contributed by atoms with Crippen molar-refractivity contribution in [2.45, 2.75) is 6.42 Å². The number of carboxylic acids is 1. The van der Waals surface area contributed by atoms with Gasteiger partial charge in [-0.25, -0.2) is 14.6 Å². The molecule has 21 heavy (non-hydrogen) atoms. The molecule has 1 saturated heterocycles. The van der Waals surface area contributed by atoms with Crippen molar-refractivity contribution < 1.29 is 19.5 Å². The number of carboxylic acid groups (broad SMARTS) is 1. The van der Waals surface area contributed by atoms with Gasteiger partial charge in [-0.1, -0.05) is 6.07 Å². The summed E-state index contributed by atoms with van der Waals surface area (Å²) >= 11 is 0. The van der Waals surface area contributed by atoms with E-state index < -0.39 is 12.0 Å². The van der Waals surface area contributed by atoms with Crippen LogP contribution >= 0.6 is 0 Å². The van der Waals surface area contributed by atoms with E-state index in [0.29, 0.717) is 17.7 Å². The van der Waals surface area contributed by atoms with Gasteiger partial charge in [0.1, 0.15) is 5.69 Å². The maximum atomic E-state index is 11.8. The Kier molecular flexibility index (Phi) is 3.02. The summed E-state index contributed by atoms with van der Waals surface area (Å²) in [7, 11) is 0.